The van der Waals surface area contributed by atoms with Gasteiger partial charge in [0.05, 0.1) is 12.0 Å². The van der Waals surface area contributed by atoms with Crippen molar-refractivity contribution in [1.29, 1.82) is 0 Å². The molecule has 2 aromatic carbocycles. The number of benzene rings is 2. The first-order chi connectivity index (χ1) is 15.7. The molecular weight excluding hydrogens is 400 g/mol. The van der Waals surface area contributed by atoms with Gasteiger partial charge in [-0.25, -0.2) is 0 Å². The third-order valence-corrected chi connectivity index (χ3v) is 7.25. The van der Waals surface area contributed by atoms with Crippen LogP contribution in [-0.2, 0) is 10.2 Å². The van der Waals surface area contributed by atoms with Gasteiger partial charge in [0.2, 0.25) is 5.91 Å². The van der Waals surface area contributed by atoms with Gasteiger partial charge in [-0.2, -0.15) is 0 Å². The Balaban J connectivity index is 1.19. The van der Waals surface area contributed by atoms with Crippen molar-refractivity contribution in [2.24, 2.45) is 5.92 Å². The van der Waals surface area contributed by atoms with Crippen LogP contribution >= 0.6 is 0 Å². The van der Waals surface area contributed by atoms with Crippen LogP contribution in [0, 0.1) is 5.92 Å². The molecule has 1 saturated carbocycles. The molecular formula is C27H32N2O3. The number of piperidine rings is 1. The third-order valence-electron chi connectivity index (χ3n) is 7.25. The first-order valence-electron chi connectivity index (χ1n) is 12.0. The van der Waals surface area contributed by atoms with Crippen molar-refractivity contribution < 1.29 is 14.3 Å². The third kappa shape index (κ3) is 4.25. The summed E-state index contributed by atoms with van der Waals surface area (Å²) in [6, 6.07) is 17.8. The molecule has 2 aliphatic heterocycles. The minimum Gasteiger partial charge on any atom is -0.493 e. The maximum Gasteiger partial charge on any atom is 0.253 e. The van der Waals surface area contributed by atoms with Crippen LogP contribution in [0.15, 0.2) is 54.6 Å². The Morgan fingerprint density at radius 1 is 0.906 bits per heavy atom. The molecule has 5 nitrogen and oxygen atoms in total. The lowest BCUT2D eigenvalue weighted by Crippen LogP contribution is -2.46. The Labute approximate surface area is 190 Å². The quantitative estimate of drug-likeness (QED) is 0.685. The van der Waals surface area contributed by atoms with Crippen molar-refractivity contribution in [3.8, 4) is 5.75 Å². The Hall–Kier alpha value is -2.82. The van der Waals surface area contributed by atoms with E-state index in [2.05, 4.69) is 17.0 Å². The highest BCUT2D eigenvalue weighted by Gasteiger charge is 2.53. The maximum atomic E-state index is 13.4. The minimum atomic E-state index is -0.297. The van der Waals surface area contributed by atoms with E-state index >= 15 is 0 Å². The van der Waals surface area contributed by atoms with Crippen LogP contribution in [0.2, 0.25) is 0 Å². The number of carbonyl (C=O) groups excluding carboxylic acids is 2. The molecule has 0 N–H and O–H groups in total. The van der Waals surface area contributed by atoms with E-state index in [-0.39, 0.29) is 17.2 Å². The highest BCUT2D eigenvalue weighted by atomic mass is 16.5. The zero-order chi connectivity index (χ0) is 22.0. The van der Waals surface area contributed by atoms with Crippen molar-refractivity contribution in [3.05, 3.63) is 65.7 Å². The first-order valence-corrected chi connectivity index (χ1v) is 12.0. The second-order valence-electron chi connectivity index (χ2n) is 9.55. The molecule has 2 heterocycles. The monoisotopic (exact) mass is 432 g/mol. The van der Waals surface area contributed by atoms with Gasteiger partial charge in [-0.15, -0.1) is 0 Å². The van der Waals surface area contributed by atoms with Crippen LogP contribution in [0.4, 0.5) is 0 Å². The van der Waals surface area contributed by atoms with Crippen LogP contribution < -0.4 is 4.74 Å². The average Bonchev–Trinajstić information content (AvgIpc) is 3.48. The molecule has 3 aliphatic rings. The second-order valence-corrected chi connectivity index (χ2v) is 9.55. The van der Waals surface area contributed by atoms with E-state index < -0.39 is 0 Å². The van der Waals surface area contributed by atoms with Gasteiger partial charge in [0.1, 0.15) is 5.75 Å². The molecule has 0 spiro atoms. The molecule has 0 aromatic heterocycles. The van der Waals surface area contributed by atoms with Crippen molar-refractivity contribution in [2.75, 3.05) is 32.8 Å². The van der Waals surface area contributed by atoms with Gasteiger partial charge in [-0.3, -0.25) is 9.59 Å². The molecule has 0 unspecified atom stereocenters. The van der Waals surface area contributed by atoms with Gasteiger partial charge >= 0.3 is 0 Å². The number of hydrogen-bond acceptors (Lipinski definition) is 3. The molecule has 3 fully saturated rings. The SMILES string of the molecule is O=C(c1cccc(OC[C@@H]2CCCN(C(=O)C3(c4ccccc4)CC3)C2)c1)N1CCCC1. The van der Waals surface area contributed by atoms with E-state index in [1.165, 1.54) is 0 Å². The predicted molar refractivity (Wildman–Crippen MR) is 124 cm³/mol. The second kappa shape index (κ2) is 8.97. The van der Waals surface area contributed by atoms with Gasteiger partial charge in [0, 0.05) is 37.7 Å². The van der Waals surface area contributed by atoms with Gasteiger partial charge in [-0.05, 0) is 62.3 Å². The normalized spacial score (nSPS) is 21.9. The lowest BCUT2D eigenvalue weighted by Gasteiger charge is -2.35. The van der Waals surface area contributed by atoms with Crippen LogP contribution in [-0.4, -0.2) is 54.4 Å². The minimum absolute atomic E-state index is 0.0954. The maximum absolute atomic E-state index is 13.4. The van der Waals surface area contributed by atoms with Gasteiger partial charge < -0.3 is 14.5 Å². The summed E-state index contributed by atoms with van der Waals surface area (Å²) in [4.78, 5) is 30.0. The van der Waals surface area contributed by atoms with Gasteiger partial charge in [0.15, 0.2) is 0 Å². The fraction of sp³-hybridized carbons (Fsp3) is 0.481. The Bertz CT molecular complexity index is 964. The van der Waals surface area contributed by atoms with Crippen LogP contribution in [0.3, 0.4) is 0 Å². The van der Waals surface area contributed by atoms with E-state index in [9.17, 15) is 9.59 Å². The molecule has 2 saturated heterocycles. The summed E-state index contributed by atoms with van der Waals surface area (Å²) in [6.45, 7) is 3.85. The molecule has 2 aromatic rings. The summed E-state index contributed by atoms with van der Waals surface area (Å²) in [7, 11) is 0. The smallest absolute Gasteiger partial charge is 0.253 e. The molecule has 5 heteroatoms. The number of nitrogens with zero attached hydrogens (tertiary/aromatic N) is 2. The Morgan fingerprint density at radius 3 is 2.41 bits per heavy atom. The van der Waals surface area contributed by atoms with Crippen LogP contribution in [0.1, 0.15) is 54.4 Å². The number of likely N-dealkylation sites (tertiary alicyclic amines) is 2. The standard InChI is InChI=1S/C27H32N2O3/c30-25(28-15-4-5-16-28)22-9-6-12-24(18-22)32-20-21-8-7-17-29(19-21)26(31)27(13-14-27)23-10-2-1-3-11-23/h1-3,6,9-12,18,21H,4-5,7-8,13-17,19-20H2/t21-/m1/s1. The number of hydrogen-bond donors (Lipinski definition) is 0. The first kappa shape index (κ1) is 21.0. The van der Waals surface area contributed by atoms with E-state index in [0.29, 0.717) is 18.1 Å². The molecule has 0 bridgehead atoms. The lowest BCUT2D eigenvalue weighted by molar-refractivity contribution is -0.136. The summed E-state index contributed by atoms with van der Waals surface area (Å²) in [6.07, 6.45) is 6.15. The predicted octanol–water partition coefficient (Wildman–Crippen LogP) is 4.27. The van der Waals surface area contributed by atoms with Crippen molar-refractivity contribution in [3.63, 3.8) is 0 Å². The summed E-state index contributed by atoms with van der Waals surface area (Å²) in [5.41, 5.74) is 1.56. The van der Waals surface area contributed by atoms with Gasteiger partial charge in [-0.1, -0.05) is 36.4 Å². The number of rotatable bonds is 6. The van der Waals surface area contributed by atoms with Gasteiger partial charge in [0.25, 0.3) is 5.91 Å². The summed E-state index contributed by atoms with van der Waals surface area (Å²) in [5.74, 6) is 1.43. The van der Waals surface area contributed by atoms with Crippen LogP contribution in [0.5, 0.6) is 5.75 Å². The number of ether oxygens (including phenoxy) is 1. The molecule has 1 aliphatic carbocycles. The average molecular weight is 433 g/mol. The molecule has 32 heavy (non-hydrogen) atoms. The molecule has 1 atom stereocenters. The van der Waals surface area contributed by atoms with Crippen LogP contribution in [0.25, 0.3) is 0 Å². The molecule has 168 valence electrons. The van der Waals surface area contributed by atoms with E-state index in [1.807, 2.05) is 47.4 Å². The molecule has 2 amide bonds. The largest absolute Gasteiger partial charge is 0.493 e. The van der Waals surface area contributed by atoms with Crippen molar-refractivity contribution in [1.82, 2.24) is 9.80 Å². The fourth-order valence-corrected chi connectivity index (χ4v) is 5.23. The highest BCUT2D eigenvalue weighted by molar-refractivity contribution is 5.94. The highest BCUT2D eigenvalue weighted by Crippen LogP contribution is 2.50. The van der Waals surface area contributed by atoms with E-state index in [4.69, 9.17) is 4.74 Å². The number of carbonyl (C=O) groups is 2. The van der Waals surface area contributed by atoms with E-state index in [1.54, 1.807) is 0 Å². The van der Waals surface area contributed by atoms with E-state index in [0.717, 1.165) is 76.0 Å². The fourth-order valence-electron chi connectivity index (χ4n) is 5.23. The Morgan fingerprint density at radius 2 is 1.66 bits per heavy atom. The Kier molecular flexibility index (Phi) is 5.90. The lowest BCUT2D eigenvalue weighted by atomic mass is 9.91. The van der Waals surface area contributed by atoms with Crippen molar-refractivity contribution in [2.45, 2.75) is 43.9 Å². The summed E-state index contributed by atoms with van der Waals surface area (Å²) in [5, 5.41) is 0. The molecule has 5 rings (SSSR count). The zero-order valence-electron chi connectivity index (χ0n) is 18.7. The topological polar surface area (TPSA) is 49.9 Å². The summed E-state index contributed by atoms with van der Waals surface area (Å²) >= 11 is 0. The van der Waals surface area contributed by atoms with Crippen molar-refractivity contribution >= 4 is 11.8 Å². The molecule has 0 radical (unpaired) electrons. The zero-order valence-corrected chi connectivity index (χ0v) is 18.7. The summed E-state index contributed by atoms with van der Waals surface area (Å²) < 4.78 is 6.10. The number of amides is 2.